The van der Waals surface area contributed by atoms with Crippen molar-refractivity contribution >= 4 is 10.9 Å². The van der Waals surface area contributed by atoms with E-state index in [4.69, 9.17) is 10.00 Å². The quantitative estimate of drug-likeness (QED) is 0.873. The molecule has 0 bridgehead atoms. The summed E-state index contributed by atoms with van der Waals surface area (Å²) in [5.74, 6) is 0.645. The lowest BCUT2D eigenvalue weighted by Gasteiger charge is -2.06. The summed E-state index contributed by atoms with van der Waals surface area (Å²) in [5, 5.41) is 9.45. The number of nitrogens with one attached hydrogen (secondary N) is 1. The van der Waals surface area contributed by atoms with Crippen molar-refractivity contribution in [1.29, 1.82) is 5.26 Å². The van der Waals surface area contributed by atoms with E-state index in [0.29, 0.717) is 29.7 Å². The minimum Gasteiger partial charge on any atom is -0.495 e. The lowest BCUT2D eigenvalue weighted by atomic mass is 10.1. The molecule has 1 heterocycles. The number of aromatic amines is 1. The van der Waals surface area contributed by atoms with Crippen molar-refractivity contribution in [2.75, 3.05) is 7.11 Å². The average Bonchev–Trinajstić information content (AvgIpc) is 2.35. The van der Waals surface area contributed by atoms with Crippen molar-refractivity contribution in [3.63, 3.8) is 0 Å². The predicted octanol–water partition coefficient (Wildman–Crippen LogP) is 1.99. The van der Waals surface area contributed by atoms with Crippen LogP contribution in [0.25, 0.3) is 10.9 Å². The van der Waals surface area contributed by atoms with Crippen LogP contribution in [0.2, 0.25) is 0 Å². The molecule has 0 saturated carbocycles. The maximum absolute atomic E-state index is 11.8. The standard InChI is InChI=1S/C13H12N2O2/c1-17-11-6-2-4-9-8-10(5-3-7-14)13(16)15-12(9)11/h2,4,6,8H,3,5H2,1H3,(H,15,16). The molecule has 1 aromatic heterocycles. The molecule has 0 spiro atoms. The Bertz CT molecular complexity index is 638. The number of hydrogen-bond acceptors (Lipinski definition) is 3. The van der Waals surface area contributed by atoms with E-state index in [2.05, 4.69) is 4.98 Å². The smallest absolute Gasteiger partial charge is 0.251 e. The lowest BCUT2D eigenvalue weighted by molar-refractivity contribution is 0.419. The van der Waals surface area contributed by atoms with Crippen LogP contribution in [0.5, 0.6) is 5.75 Å². The highest BCUT2D eigenvalue weighted by Crippen LogP contribution is 2.22. The van der Waals surface area contributed by atoms with Crippen LogP contribution >= 0.6 is 0 Å². The minimum atomic E-state index is -0.155. The molecule has 0 radical (unpaired) electrons. The largest absolute Gasteiger partial charge is 0.495 e. The number of ether oxygens (including phenoxy) is 1. The number of aromatic nitrogens is 1. The molecule has 0 fully saturated rings. The number of benzene rings is 1. The number of fused-ring (bicyclic) bond motifs is 1. The van der Waals surface area contributed by atoms with Crippen molar-refractivity contribution in [1.82, 2.24) is 4.98 Å². The minimum absolute atomic E-state index is 0.155. The molecule has 17 heavy (non-hydrogen) atoms. The van der Waals surface area contributed by atoms with Gasteiger partial charge in [-0.05, 0) is 18.6 Å². The van der Waals surface area contributed by atoms with Crippen molar-refractivity contribution in [2.45, 2.75) is 12.8 Å². The highest BCUT2D eigenvalue weighted by molar-refractivity contribution is 5.84. The number of hydrogen-bond donors (Lipinski definition) is 1. The summed E-state index contributed by atoms with van der Waals surface area (Å²) in [4.78, 5) is 14.6. The van der Waals surface area contributed by atoms with E-state index < -0.39 is 0 Å². The molecule has 4 heteroatoms. The zero-order valence-corrected chi connectivity index (χ0v) is 9.49. The molecule has 1 aromatic carbocycles. The van der Waals surface area contributed by atoms with Crippen LogP contribution in [0.1, 0.15) is 12.0 Å². The topological polar surface area (TPSA) is 65.9 Å². The Morgan fingerprint density at radius 2 is 2.29 bits per heavy atom. The number of pyridine rings is 1. The van der Waals surface area contributed by atoms with Crippen LogP contribution in [-0.4, -0.2) is 12.1 Å². The van der Waals surface area contributed by atoms with Crippen LogP contribution < -0.4 is 10.3 Å². The molecular formula is C13H12N2O2. The van der Waals surface area contributed by atoms with Crippen LogP contribution in [0.15, 0.2) is 29.1 Å². The first-order chi connectivity index (χ1) is 8.26. The van der Waals surface area contributed by atoms with E-state index in [1.54, 1.807) is 13.2 Å². The number of rotatable bonds is 3. The maximum Gasteiger partial charge on any atom is 0.251 e. The molecule has 4 nitrogen and oxygen atoms in total. The molecule has 0 amide bonds. The second kappa shape index (κ2) is 4.71. The van der Waals surface area contributed by atoms with E-state index >= 15 is 0 Å². The monoisotopic (exact) mass is 228 g/mol. The molecule has 86 valence electrons. The van der Waals surface area contributed by atoms with Crippen LogP contribution in [0.4, 0.5) is 0 Å². The highest BCUT2D eigenvalue weighted by atomic mass is 16.5. The summed E-state index contributed by atoms with van der Waals surface area (Å²) in [6, 6.07) is 9.42. The van der Waals surface area contributed by atoms with Crippen molar-refractivity contribution in [3.8, 4) is 11.8 Å². The van der Waals surface area contributed by atoms with Gasteiger partial charge in [0.15, 0.2) is 0 Å². The SMILES string of the molecule is COc1cccc2cc(CCC#N)c(=O)[nH]c12. The van der Waals surface area contributed by atoms with E-state index in [1.807, 2.05) is 24.3 Å². The first kappa shape index (κ1) is 11.2. The van der Waals surface area contributed by atoms with Gasteiger partial charge in [0, 0.05) is 17.4 Å². The Balaban J connectivity index is 2.59. The maximum atomic E-state index is 11.8. The molecule has 2 aromatic rings. The van der Waals surface area contributed by atoms with Gasteiger partial charge in [-0.3, -0.25) is 4.79 Å². The summed E-state index contributed by atoms with van der Waals surface area (Å²) < 4.78 is 5.18. The number of methoxy groups -OCH3 is 1. The van der Waals surface area contributed by atoms with Crippen molar-refractivity contribution in [3.05, 3.63) is 40.2 Å². The van der Waals surface area contributed by atoms with E-state index in [9.17, 15) is 4.79 Å². The molecule has 0 aliphatic heterocycles. The number of H-pyrrole nitrogens is 1. The van der Waals surface area contributed by atoms with Crippen LogP contribution in [0.3, 0.4) is 0 Å². The van der Waals surface area contributed by atoms with Gasteiger partial charge in [-0.2, -0.15) is 5.26 Å². The Morgan fingerprint density at radius 3 is 3.00 bits per heavy atom. The molecule has 0 unspecified atom stereocenters. The molecule has 0 aliphatic carbocycles. The van der Waals surface area contributed by atoms with Gasteiger partial charge in [-0.25, -0.2) is 0 Å². The molecular weight excluding hydrogens is 216 g/mol. The van der Waals surface area contributed by atoms with Gasteiger partial charge in [0.1, 0.15) is 5.75 Å². The second-order valence-corrected chi connectivity index (χ2v) is 3.71. The fourth-order valence-electron chi connectivity index (χ4n) is 1.80. The summed E-state index contributed by atoms with van der Waals surface area (Å²) >= 11 is 0. The van der Waals surface area contributed by atoms with Crippen molar-refractivity contribution in [2.24, 2.45) is 0 Å². The van der Waals surface area contributed by atoms with Gasteiger partial charge in [0.25, 0.3) is 5.56 Å². The summed E-state index contributed by atoms with van der Waals surface area (Å²) in [6.07, 6.45) is 0.817. The normalized spacial score (nSPS) is 10.1. The van der Waals surface area contributed by atoms with Gasteiger partial charge >= 0.3 is 0 Å². The van der Waals surface area contributed by atoms with Gasteiger partial charge in [0.05, 0.1) is 18.7 Å². The van der Waals surface area contributed by atoms with Crippen LogP contribution in [-0.2, 0) is 6.42 Å². The summed E-state index contributed by atoms with van der Waals surface area (Å²) in [6.45, 7) is 0. The molecule has 2 rings (SSSR count). The zero-order valence-electron chi connectivity index (χ0n) is 9.49. The van der Waals surface area contributed by atoms with Crippen LogP contribution in [0, 0.1) is 11.3 Å². The third-order valence-corrected chi connectivity index (χ3v) is 2.64. The average molecular weight is 228 g/mol. The fourth-order valence-corrected chi connectivity index (χ4v) is 1.80. The van der Waals surface area contributed by atoms with E-state index in [-0.39, 0.29) is 5.56 Å². The second-order valence-electron chi connectivity index (χ2n) is 3.71. The van der Waals surface area contributed by atoms with Gasteiger partial charge in [0.2, 0.25) is 0 Å². The Hall–Kier alpha value is -2.28. The highest BCUT2D eigenvalue weighted by Gasteiger charge is 2.06. The Labute approximate surface area is 98.5 Å². The Morgan fingerprint density at radius 1 is 1.47 bits per heavy atom. The van der Waals surface area contributed by atoms with E-state index in [1.165, 1.54) is 0 Å². The molecule has 0 saturated heterocycles. The first-order valence-electron chi connectivity index (χ1n) is 5.32. The molecule has 1 N–H and O–H groups in total. The number of aryl methyl sites for hydroxylation is 1. The first-order valence-corrected chi connectivity index (χ1v) is 5.32. The zero-order chi connectivity index (χ0) is 12.3. The molecule has 0 aliphatic rings. The lowest BCUT2D eigenvalue weighted by Crippen LogP contribution is -2.12. The number of nitrogens with zero attached hydrogens (tertiary/aromatic N) is 1. The third kappa shape index (κ3) is 2.13. The van der Waals surface area contributed by atoms with E-state index in [0.717, 1.165) is 5.39 Å². The number of nitriles is 1. The number of para-hydroxylation sites is 1. The fraction of sp³-hybridized carbons (Fsp3) is 0.231. The van der Waals surface area contributed by atoms with Crippen molar-refractivity contribution < 1.29 is 4.74 Å². The predicted molar refractivity (Wildman–Crippen MR) is 65.1 cm³/mol. The summed E-state index contributed by atoms with van der Waals surface area (Å²) in [5.41, 5.74) is 1.17. The van der Waals surface area contributed by atoms with Gasteiger partial charge in [-0.1, -0.05) is 12.1 Å². The Kier molecular flexibility index (Phi) is 3.10. The third-order valence-electron chi connectivity index (χ3n) is 2.64. The van der Waals surface area contributed by atoms with Gasteiger partial charge < -0.3 is 9.72 Å². The summed E-state index contributed by atoms with van der Waals surface area (Å²) in [7, 11) is 1.57. The van der Waals surface area contributed by atoms with Gasteiger partial charge in [-0.15, -0.1) is 0 Å². The molecule has 0 atom stereocenters.